The van der Waals surface area contributed by atoms with Gasteiger partial charge in [-0.25, -0.2) is 0 Å². The number of methoxy groups -OCH3 is 1. The van der Waals surface area contributed by atoms with Crippen LogP contribution in [-0.2, 0) is 14.3 Å². The molecule has 0 bridgehead atoms. The molecule has 5 heteroatoms. The Morgan fingerprint density at radius 3 is 2.94 bits per heavy atom. The first-order chi connectivity index (χ1) is 7.58. The normalized spacial score (nSPS) is 26.7. The zero-order valence-corrected chi connectivity index (χ0v) is 9.99. The summed E-state index contributed by atoms with van der Waals surface area (Å²) < 4.78 is 10.7. The molecule has 16 heavy (non-hydrogen) atoms. The summed E-state index contributed by atoms with van der Waals surface area (Å²) in [5.41, 5.74) is -0.361. The highest BCUT2D eigenvalue weighted by atomic mass is 16.5. The maximum absolute atomic E-state index is 11.4. The third-order valence-electron chi connectivity index (χ3n) is 2.90. The van der Waals surface area contributed by atoms with Crippen LogP contribution >= 0.6 is 0 Å². The van der Waals surface area contributed by atoms with E-state index in [2.05, 4.69) is 5.32 Å². The van der Waals surface area contributed by atoms with Gasteiger partial charge in [0.1, 0.15) is 5.60 Å². The van der Waals surface area contributed by atoms with Crippen LogP contribution in [0.2, 0.25) is 0 Å². The molecule has 1 aliphatic heterocycles. The fourth-order valence-electron chi connectivity index (χ4n) is 1.65. The smallest absolute Gasteiger partial charge is 0.220 e. The lowest BCUT2D eigenvalue weighted by atomic mass is 10.0. The van der Waals surface area contributed by atoms with Crippen LogP contribution in [-0.4, -0.2) is 49.6 Å². The minimum absolute atomic E-state index is 0.0516. The maximum Gasteiger partial charge on any atom is 0.220 e. The van der Waals surface area contributed by atoms with Crippen LogP contribution in [0.3, 0.4) is 0 Å². The first kappa shape index (κ1) is 13.4. The van der Waals surface area contributed by atoms with E-state index in [9.17, 15) is 4.79 Å². The molecule has 0 radical (unpaired) electrons. The SMILES string of the molecule is COC1(CNC(=O)CCC(C)O)CCOC1. The number of hydrogen-bond donors (Lipinski definition) is 2. The van der Waals surface area contributed by atoms with Crippen molar-refractivity contribution in [2.45, 2.75) is 37.9 Å². The molecule has 2 unspecified atom stereocenters. The van der Waals surface area contributed by atoms with E-state index in [1.54, 1.807) is 14.0 Å². The van der Waals surface area contributed by atoms with Crippen molar-refractivity contribution in [3.8, 4) is 0 Å². The molecule has 2 atom stereocenters. The Morgan fingerprint density at radius 2 is 2.44 bits per heavy atom. The van der Waals surface area contributed by atoms with E-state index in [1.807, 2.05) is 0 Å². The van der Waals surface area contributed by atoms with E-state index in [-0.39, 0.29) is 11.5 Å². The van der Waals surface area contributed by atoms with E-state index in [0.29, 0.717) is 32.6 Å². The highest BCUT2D eigenvalue weighted by Gasteiger charge is 2.35. The molecule has 94 valence electrons. The topological polar surface area (TPSA) is 67.8 Å². The lowest BCUT2D eigenvalue weighted by Crippen LogP contribution is -2.45. The van der Waals surface area contributed by atoms with Gasteiger partial charge in [0.15, 0.2) is 0 Å². The Kier molecular flexibility index (Phi) is 5.18. The second-order valence-electron chi connectivity index (χ2n) is 4.35. The van der Waals surface area contributed by atoms with Gasteiger partial charge in [-0.15, -0.1) is 0 Å². The Bertz CT molecular complexity index is 224. The summed E-state index contributed by atoms with van der Waals surface area (Å²) in [4.78, 5) is 11.4. The molecule has 0 aromatic rings. The van der Waals surface area contributed by atoms with E-state index >= 15 is 0 Å². The summed E-state index contributed by atoms with van der Waals surface area (Å²) in [6.45, 7) is 3.36. The number of carbonyl (C=O) groups excluding carboxylic acids is 1. The second kappa shape index (κ2) is 6.18. The lowest BCUT2D eigenvalue weighted by Gasteiger charge is -2.25. The van der Waals surface area contributed by atoms with Gasteiger partial charge in [0.05, 0.1) is 12.7 Å². The Morgan fingerprint density at radius 1 is 1.69 bits per heavy atom. The van der Waals surface area contributed by atoms with Crippen molar-refractivity contribution in [1.82, 2.24) is 5.32 Å². The van der Waals surface area contributed by atoms with Crippen LogP contribution in [0.1, 0.15) is 26.2 Å². The summed E-state index contributed by atoms with van der Waals surface area (Å²) >= 11 is 0. The summed E-state index contributed by atoms with van der Waals surface area (Å²) in [6, 6.07) is 0. The van der Waals surface area contributed by atoms with Crippen LogP contribution < -0.4 is 5.32 Å². The summed E-state index contributed by atoms with van der Waals surface area (Å²) in [5, 5.41) is 11.9. The van der Waals surface area contributed by atoms with Crippen molar-refractivity contribution in [2.24, 2.45) is 0 Å². The van der Waals surface area contributed by atoms with E-state index < -0.39 is 6.10 Å². The largest absolute Gasteiger partial charge is 0.393 e. The molecular weight excluding hydrogens is 210 g/mol. The Labute approximate surface area is 96.1 Å². The molecule has 0 saturated carbocycles. The van der Waals surface area contributed by atoms with Crippen molar-refractivity contribution in [3.63, 3.8) is 0 Å². The van der Waals surface area contributed by atoms with E-state index in [1.165, 1.54) is 0 Å². The van der Waals surface area contributed by atoms with Crippen LogP contribution in [0.5, 0.6) is 0 Å². The van der Waals surface area contributed by atoms with E-state index in [4.69, 9.17) is 14.6 Å². The molecule has 0 aliphatic carbocycles. The van der Waals surface area contributed by atoms with Crippen molar-refractivity contribution >= 4 is 5.91 Å². The van der Waals surface area contributed by atoms with Crippen LogP contribution in [0.25, 0.3) is 0 Å². The fraction of sp³-hybridized carbons (Fsp3) is 0.909. The number of carbonyl (C=O) groups is 1. The van der Waals surface area contributed by atoms with Crippen molar-refractivity contribution < 1.29 is 19.4 Å². The molecule has 0 aromatic carbocycles. The van der Waals surface area contributed by atoms with Crippen LogP contribution in [0, 0.1) is 0 Å². The number of aliphatic hydroxyl groups excluding tert-OH is 1. The monoisotopic (exact) mass is 231 g/mol. The quantitative estimate of drug-likeness (QED) is 0.679. The zero-order valence-electron chi connectivity index (χ0n) is 9.99. The van der Waals surface area contributed by atoms with Gasteiger partial charge in [-0.3, -0.25) is 4.79 Å². The van der Waals surface area contributed by atoms with E-state index in [0.717, 1.165) is 6.42 Å². The number of nitrogens with one attached hydrogen (secondary N) is 1. The van der Waals surface area contributed by atoms with Crippen molar-refractivity contribution in [1.29, 1.82) is 0 Å². The molecule has 0 spiro atoms. The van der Waals surface area contributed by atoms with Gasteiger partial charge in [-0.1, -0.05) is 0 Å². The van der Waals surface area contributed by atoms with Gasteiger partial charge < -0.3 is 19.9 Å². The second-order valence-corrected chi connectivity index (χ2v) is 4.35. The number of aliphatic hydroxyl groups is 1. The molecule has 2 N–H and O–H groups in total. The fourth-order valence-corrected chi connectivity index (χ4v) is 1.65. The lowest BCUT2D eigenvalue weighted by molar-refractivity contribution is -0.123. The molecule has 1 aliphatic rings. The summed E-state index contributed by atoms with van der Waals surface area (Å²) in [5.74, 6) is -0.0516. The van der Waals surface area contributed by atoms with Gasteiger partial charge >= 0.3 is 0 Å². The highest BCUT2D eigenvalue weighted by molar-refractivity contribution is 5.75. The molecule has 1 heterocycles. The molecule has 1 rings (SSSR count). The average Bonchev–Trinajstić information content (AvgIpc) is 2.73. The molecule has 1 saturated heterocycles. The standard InChI is InChI=1S/C11H21NO4/c1-9(13)3-4-10(14)12-7-11(15-2)5-6-16-8-11/h9,13H,3-8H2,1-2H3,(H,12,14). The van der Waals surface area contributed by atoms with Gasteiger partial charge in [0.2, 0.25) is 5.91 Å². The minimum Gasteiger partial charge on any atom is -0.393 e. The number of amides is 1. The number of hydrogen-bond acceptors (Lipinski definition) is 4. The van der Waals surface area contributed by atoms with Gasteiger partial charge in [0, 0.05) is 33.1 Å². The van der Waals surface area contributed by atoms with Crippen LogP contribution in [0.4, 0.5) is 0 Å². The van der Waals surface area contributed by atoms with Gasteiger partial charge in [0.25, 0.3) is 0 Å². The van der Waals surface area contributed by atoms with Crippen molar-refractivity contribution in [3.05, 3.63) is 0 Å². The predicted octanol–water partition coefficient (Wildman–Crippen LogP) is 0.0691. The van der Waals surface area contributed by atoms with Gasteiger partial charge in [-0.2, -0.15) is 0 Å². The first-order valence-corrected chi connectivity index (χ1v) is 5.66. The molecular formula is C11H21NO4. The number of ether oxygens (including phenoxy) is 2. The first-order valence-electron chi connectivity index (χ1n) is 5.66. The number of rotatable bonds is 6. The predicted molar refractivity (Wildman–Crippen MR) is 59.1 cm³/mol. The zero-order chi connectivity index (χ0) is 12.0. The molecule has 1 fully saturated rings. The highest BCUT2D eigenvalue weighted by Crippen LogP contribution is 2.21. The molecule has 5 nitrogen and oxygen atoms in total. The third-order valence-corrected chi connectivity index (χ3v) is 2.90. The molecule has 0 aromatic heterocycles. The average molecular weight is 231 g/mol. The molecule has 1 amide bonds. The summed E-state index contributed by atoms with van der Waals surface area (Å²) in [7, 11) is 1.64. The maximum atomic E-state index is 11.4. The van der Waals surface area contributed by atoms with Crippen LogP contribution in [0.15, 0.2) is 0 Å². The summed E-state index contributed by atoms with van der Waals surface area (Å²) in [6.07, 6.45) is 1.21. The van der Waals surface area contributed by atoms with Crippen molar-refractivity contribution in [2.75, 3.05) is 26.9 Å². The third kappa shape index (κ3) is 4.08. The van der Waals surface area contributed by atoms with Gasteiger partial charge in [-0.05, 0) is 13.3 Å². The minimum atomic E-state index is -0.433. The Balaban J connectivity index is 2.24. The Hall–Kier alpha value is -0.650.